The molecule has 150 valence electrons. The van der Waals surface area contributed by atoms with Gasteiger partial charge in [-0.25, -0.2) is 0 Å². The molecule has 3 rings (SSSR count). The molecule has 1 amide bonds. The maximum atomic E-state index is 12.4. The number of amides is 1. The lowest BCUT2D eigenvalue weighted by atomic mass is 10.1. The van der Waals surface area contributed by atoms with E-state index in [9.17, 15) is 4.79 Å². The molecule has 0 saturated carbocycles. The van der Waals surface area contributed by atoms with Crippen molar-refractivity contribution in [2.24, 2.45) is 4.99 Å². The molecule has 0 atom stereocenters. The normalized spacial score (nSPS) is 14.9. The fourth-order valence-electron chi connectivity index (χ4n) is 3.34. The smallest absolute Gasteiger partial charge is 0.289 e. The number of anilines is 1. The van der Waals surface area contributed by atoms with Crippen LogP contribution in [0.15, 0.2) is 46.0 Å². The van der Waals surface area contributed by atoms with Gasteiger partial charge in [0.2, 0.25) is 0 Å². The van der Waals surface area contributed by atoms with E-state index in [1.807, 2.05) is 19.0 Å². The van der Waals surface area contributed by atoms with Crippen LogP contribution >= 0.6 is 0 Å². The van der Waals surface area contributed by atoms with Crippen LogP contribution in [0.3, 0.4) is 0 Å². The number of carbonyl (C=O) groups is 1. The highest BCUT2D eigenvalue weighted by atomic mass is 16.3. The number of furan rings is 1. The number of carbonyl (C=O) groups excluding carboxylic acids is 1. The molecule has 1 fully saturated rings. The first-order valence-electron chi connectivity index (χ1n) is 9.55. The summed E-state index contributed by atoms with van der Waals surface area (Å²) in [6, 6.07) is 9.93. The van der Waals surface area contributed by atoms with Crippen molar-refractivity contribution in [1.82, 2.24) is 15.1 Å². The maximum absolute atomic E-state index is 12.4. The number of hydrogen-bond acceptors (Lipinski definition) is 4. The van der Waals surface area contributed by atoms with Crippen LogP contribution in [0.4, 0.5) is 5.69 Å². The van der Waals surface area contributed by atoms with Crippen molar-refractivity contribution in [3.63, 3.8) is 0 Å². The Labute approximate surface area is 166 Å². The highest BCUT2D eigenvalue weighted by Crippen LogP contribution is 2.17. The van der Waals surface area contributed by atoms with E-state index < -0.39 is 0 Å². The summed E-state index contributed by atoms with van der Waals surface area (Å²) in [5, 5.41) is 3.46. The summed E-state index contributed by atoms with van der Waals surface area (Å²) in [4.78, 5) is 22.9. The summed E-state index contributed by atoms with van der Waals surface area (Å²) in [5.41, 5.74) is 3.70. The summed E-state index contributed by atoms with van der Waals surface area (Å²) in [6.45, 7) is 5.63. The molecule has 2 aromatic rings. The molecule has 7 nitrogen and oxygen atoms in total. The van der Waals surface area contributed by atoms with Crippen LogP contribution in [0.5, 0.6) is 0 Å². The number of guanidine groups is 1. The van der Waals surface area contributed by atoms with Crippen LogP contribution in [0.2, 0.25) is 0 Å². The van der Waals surface area contributed by atoms with Crippen LogP contribution in [0, 0.1) is 6.92 Å². The average Bonchev–Trinajstić information content (AvgIpc) is 3.24. The molecule has 1 aliphatic heterocycles. The number of nitrogens with zero attached hydrogens (tertiary/aromatic N) is 4. The molecule has 0 spiro atoms. The van der Waals surface area contributed by atoms with Gasteiger partial charge in [-0.05, 0) is 42.3 Å². The van der Waals surface area contributed by atoms with Gasteiger partial charge in [0.15, 0.2) is 11.7 Å². The fraction of sp³-hybridized carbons (Fsp3) is 0.429. The SMILES string of the molecule is CN=C(NCc1ccc(N(C)C)cc1C)N1CCN(C(=O)c2ccco2)CC1. The first kappa shape index (κ1) is 19.8. The first-order chi connectivity index (χ1) is 13.5. The van der Waals surface area contributed by atoms with Crippen molar-refractivity contribution in [2.45, 2.75) is 13.5 Å². The summed E-state index contributed by atoms with van der Waals surface area (Å²) in [5.74, 6) is 1.21. The van der Waals surface area contributed by atoms with Gasteiger partial charge in [0.05, 0.1) is 6.26 Å². The zero-order chi connectivity index (χ0) is 20.1. The van der Waals surface area contributed by atoms with Crippen LogP contribution in [-0.2, 0) is 6.54 Å². The molecule has 0 aliphatic carbocycles. The first-order valence-corrected chi connectivity index (χ1v) is 9.55. The molecule has 1 aliphatic rings. The number of piperazine rings is 1. The number of aryl methyl sites for hydroxylation is 1. The van der Waals surface area contributed by atoms with Gasteiger partial charge >= 0.3 is 0 Å². The Bertz CT molecular complexity index is 821. The molecule has 0 unspecified atom stereocenters. The van der Waals surface area contributed by atoms with Crippen molar-refractivity contribution < 1.29 is 9.21 Å². The van der Waals surface area contributed by atoms with Crippen LogP contribution in [-0.4, -0.2) is 69.0 Å². The molecular weight excluding hydrogens is 354 g/mol. The lowest BCUT2D eigenvalue weighted by Crippen LogP contribution is -2.53. The lowest BCUT2D eigenvalue weighted by molar-refractivity contribution is 0.0657. The second-order valence-corrected chi connectivity index (χ2v) is 7.16. The Morgan fingerprint density at radius 3 is 2.46 bits per heavy atom. The van der Waals surface area contributed by atoms with Gasteiger partial charge in [-0.15, -0.1) is 0 Å². The van der Waals surface area contributed by atoms with Gasteiger partial charge in [-0.3, -0.25) is 9.79 Å². The second kappa shape index (κ2) is 8.82. The number of benzene rings is 1. The predicted octanol–water partition coefficient (Wildman–Crippen LogP) is 2.19. The molecule has 1 N–H and O–H groups in total. The second-order valence-electron chi connectivity index (χ2n) is 7.16. The highest BCUT2D eigenvalue weighted by molar-refractivity contribution is 5.91. The minimum Gasteiger partial charge on any atom is -0.459 e. The number of hydrogen-bond donors (Lipinski definition) is 1. The van der Waals surface area contributed by atoms with Crippen molar-refractivity contribution >= 4 is 17.6 Å². The third-order valence-electron chi connectivity index (χ3n) is 5.09. The van der Waals surface area contributed by atoms with Crippen molar-refractivity contribution in [1.29, 1.82) is 0 Å². The van der Waals surface area contributed by atoms with E-state index in [2.05, 4.69) is 45.2 Å². The predicted molar refractivity (Wildman–Crippen MR) is 112 cm³/mol. The Hall–Kier alpha value is -2.96. The quantitative estimate of drug-likeness (QED) is 0.648. The Kier molecular flexibility index (Phi) is 6.23. The average molecular weight is 383 g/mol. The summed E-state index contributed by atoms with van der Waals surface area (Å²) in [6.07, 6.45) is 1.53. The van der Waals surface area contributed by atoms with E-state index in [4.69, 9.17) is 4.42 Å². The van der Waals surface area contributed by atoms with Crippen molar-refractivity contribution in [3.05, 3.63) is 53.5 Å². The molecule has 0 radical (unpaired) electrons. The van der Waals surface area contributed by atoms with Crippen LogP contribution < -0.4 is 10.2 Å². The van der Waals surface area contributed by atoms with Gasteiger partial charge in [-0.1, -0.05) is 6.07 Å². The lowest BCUT2D eigenvalue weighted by Gasteiger charge is -2.36. The Morgan fingerprint density at radius 1 is 1.18 bits per heavy atom. The molecule has 1 saturated heterocycles. The molecule has 2 heterocycles. The van der Waals surface area contributed by atoms with E-state index in [0.29, 0.717) is 18.8 Å². The van der Waals surface area contributed by atoms with Gasteiger partial charge in [0, 0.05) is 59.6 Å². The van der Waals surface area contributed by atoms with Gasteiger partial charge in [-0.2, -0.15) is 0 Å². The molecule has 7 heteroatoms. The number of aliphatic imine (C=N–C) groups is 1. The molecule has 0 bridgehead atoms. The van der Waals surface area contributed by atoms with Gasteiger partial charge < -0.3 is 24.4 Å². The van der Waals surface area contributed by atoms with Gasteiger partial charge in [0.25, 0.3) is 5.91 Å². The van der Waals surface area contributed by atoms with Crippen molar-refractivity contribution in [2.75, 3.05) is 52.2 Å². The number of nitrogens with one attached hydrogen (secondary N) is 1. The van der Waals surface area contributed by atoms with E-state index in [1.165, 1.54) is 23.1 Å². The van der Waals surface area contributed by atoms with E-state index in [-0.39, 0.29) is 5.91 Å². The summed E-state index contributed by atoms with van der Waals surface area (Å²) in [7, 11) is 5.89. The summed E-state index contributed by atoms with van der Waals surface area (Å²) < 4.78 is 5.22. The minimum absolute atomic E-state index is 0.0517. The van der Waals surface area contributed by atoms with Crippen LogP contribution in [0.1, 0.15) is 21.7 Å². The summed E-state index contributed by atoms with van der Waals surface area (Å²) >= 11 is 0. The third-order valence-corrected chi connectivity index (χ3v) is 5.09. The Morgan fingerprint density at radius 2 is 1.89 bits per heavy atom. The highest BCUT2D eigenvalue weighted by Gasteiger charge is 2.25. The molecular formula is C21H29N5O2. The number of rotatable bonds is 4. The van der Waals surface area contributed by atoms with Crippen LogP contribution in [0.25, 0.3) is 0 Å². The Balaban J connectivity index is 1.55. The minimum atomic E-state index is -0.0517. The van der Waals surface area contributed by atoms with E-state index in [1.54, 1.807) is 19.2 Å². The van der Waals surface area contributed by atoms with Crippen molar-refractivity contribution in [3.8, 4) is 0 Å². The topological polar surface area (TPSA) is 64.3 Å². The fourth-order valence-corrected chi connectivity index (χ4v) is 3.34. The molecule has 1 aromatic carbocycles. The zero-order valence-corrected chi connectivity index (χ0v) is 17.1. The van der Waals surface area contributed by atoms with Gasteiger partial charge in [0.1, 0.15) is 0 Å². The van der Waals surface area contributed by atoms with E-state index in [0.717, 1.165) is 25.6 Å². The maximum Gasteiger partial charge on any atom is 0.289 e. The molecule has 28 heavy (non-hydrogen) atoms. The third kappa shape index (κ3) is 4.47. The van der Waals surface area contributed by atoms with E-state index >= 15 is 0 Å². The standard InChI is InChI=1S/C21H29N5O2/c1-16-14-18(24(3)4)8-7-17(16)15-23-21(22-2)26-11-9-25(10-12-26)20(27)19-6-5-13-28-19/h5-8,13-14H,9-12,15H2,1-4H3,(H,22,23). The largest absolute Gasteiger partial charge is 0.459 e. The molecule has 1 aromatic heterocycles. The zero-order valence-electron chi connectivity index (χ0n) is 17.1. The monoisotopic (exact) mass is 383 g/mol.